The van der Waals surface area contributed by atoms with Crippen LogP contribution in [0.3, 0.4) is 0 Å². The molecule has 0 aliphatic heterocycles. The maximum Gasteiger partial charge on any atom is 0.317 e. The van der Waals surface area contributed by atoms with E-state index in [1.165, 1.54) is 0 Å². The lowest BCUT2D eigenvalue weighted by atomic mass is 10.3. The predicted molar refractivity (Wildman–Crippen MR) is 142 cm³/mol. The molecule has 1 aliphatic rings. The molecule has 20 nitrogen and oxygen atoms in total. The number of carboxylic acids is 8. The van der Waals surface area contributed by atoms with Crippen LogP contribution in [-0.4, -0.2) is 150 Å². The summed E-state index contributed by atoms with van der Waals surface area (Å²) in [5, 5.41) is 64.1. The van der Waals surface area contributed by atoms with E-state index in [0.29, 0.717) is 6.54 Å². The first-order chi connectivity index (χ1) is 18.9. The van der Waals surface area contributed by atoms with Gasteiger partial charge in [-0.1, -0.05) is 0 Å². The van der Waals surface area contributed by atoms with E-state index in [9.17, 15) is 19.2 Å². The maximum absolute atomic E-state index is 10.6. The van der Waals surface area contributed by atoms with E-state index in [4.69, 9.17) is 71.5 Å². The van der Waals surface area contributed by atoms with Gasteiger partial charge in [0.2, 0.25) is 0 Å². The second kappa shape index (κ2) is 28.1. The third-order valence-electron chi connectivity index (χ3n) is 3.47. The first kappa shape index (κ1) is 47.4. The minimum absolute atomic E-state index is 0.0694. The summed E-state index contributed by atoms with van der Waals surface area (Å²) in [5.74, 6) is -8.24. The first-order valence-electron chi connectivity index (χ1n) is 11.5. The zero-order valence-corrected chi connectivity index (χ0v) is 23.8. The molecular formula is C22H42N4O16. The summed E-state index contributed by atoms with van der Waals surface area (Å²) in [6.45, 7) is 2.74. The van der Waals surface area contributed by atoms with Gasteiger partial charge in [-0.3, -0.25) is 48.2 Å². The monoisotopic (exact) mass is 618 g/mol. The fraction of sp³-hybridized carbons (Fsp3) is 0.636. The number of nitrogens with two attached hydrogens (primary N) is 2. The van der Waals surface area contributed by atoms with Gasteiger partial charge in [0.25, 0.3) is 23.9 Å². The molecule has 1 aliphatic carbocycles. The molecule has 1 saturated carbocycles. The summed E-state index contributed by atoms with van der Waals surface area (Å²) in [6.07, 6.45) is 2.26. The number of aliphatic carboxylic acids is 8. The number of nitrogens with zero attached hydrogens (tertiary/aromatic N) is 2. The minimum Gasteiger partial charge on any atom is -0.481 e. The van der Waals surface area contributed by atoms with E-state index in [-0.39, 0.29) is 18.6 Å². The fourth-order valence-corrected chi connectivity index (χ4v) is 1.84. The maximum atomic E-state index is 10.6. The largest absolute Gasteiger partial charge is 0.481 e. The highest BCUT2D eigenvalue weighted by Crippen LogP contribution is 2.29. The Labute approximate surface area is 240 Å². The van der Waals surface area contributed by atoms with Gasteiger partial charge in [-0.15, -0.1) is 0 Å². The number of carboxylic acid groups (broad SMARTS) is 8. The van der Waals surface area contributed by atoms with Crippen LogP contribution in [0.1, 0.15) is 40.5 Å². The van der Waals surface area contributed by atoms with Gasteiger partial charge in [0.15, 0.2) is 0 Å². The van der Waals surface area contributed by atoms with Gasteiger partial charge in [-0.25, -0.2) is 0 Å². The van der Waals surface area contributed by atoms with Gasteiger partial charge in [-0.05, 0) is 12.8 Å². The van der Waals surface area contributed by atoms with Crippen molar-refractivity contribution in [3.8, 4) is 0 Å². The number of carbonyl (C=O) groups is 8. The molecule has 1 rings (SSSR count). The molecule has 0 amide bonds. The summed E-state index contributed by atoms with van der Waals surface area (Å²) >= 11 is 0. The quantitative estimate of drug-likeness (QED) is 0.110. The molecule has 0 aromatic carbocycles. The second-order valence-corrected chi connectivity index (χ2v) is 8.14. The van der Waals surface area contributed by atoms with Crippen molar-refractivity contribution in [2.24, 2.45) is 11.5 Å². The normalized spacial score (nSPS) is 11.3. The lowest BCUT2D eigenvalue weighted by Crippen LogP contribution is -2.43. The highest BCUT2D eigenvalue weighted by molar-refractivity contribution is 5.73. The molecule has 0 heterocycles. The Morgan fingerprint density at radius 1 is 0.524 bits per heavy atom. The van der Waals surface area contributed by atoms with Crippen molar-refractivity contribution >= 4 is 47.8 Å². The Morgan fingerprint density at radius 3 is 0.762 bits per heavy atom. The highest BCUT2D eigenvalue weighted by Gasteiger charge is 2.36. The van der Waals surface area contributed by atoms with Crippen LogP contribution in [0, 0.1) is 0 Å². The molecular weight excluding hydrogens is 576 g/mol. The van der Waals surface area contributed by atoms with Crippen molar-refractivity contribution in [2.75, 3.05) is 45.8 Å². The number of hydrogen-bond donors (Lipinski definition) is 10. The molecule has 20 heteroatoms. The highest BCUT2D eigenvalue weighted by atomic mass is 16.4. The average molecular weight is 619 g/mol. The summed E-state index contributed by atoms with van der Waals surface area (Å²) in [6, 6.07) is 0. The molecule has 0 radical (unpaired) electrons. The van der Waals surface area contributed by atoms with Crippen LogP contribution >= 0.6 is 0 Å². The zero-order chi connectivity index (χ0) is 34.6. The molecule has 0 saturated heterocycles. The van der Waals surface area contributed by atoms with Crippen LogP contribution < -0.4 is 11.5 Å². The third kappa shape index (κ3) is 70.4. The molecule has 0 atom stereocenters. The molecule has 12 N–H and O–H groups in total. The van der Waals surface area contributed by atoms with Crippen LogP contribution in [-0.2, 0) is 38.4 Å². The Balaban J connectivity index is -0.000000166. The van der Waals surface area contributed by atoms with E-state index < -0.39 is 73.9 Å². The smallest absolute Gasteiger partial charge is 0.317 e. The summed E-state index contributed by atoms with van der Waals surface area (Å²) in [5.41, 5.74) is 10.8. The van der Waals surface area contributed by atoms with Gasteiger partial charge in [-0.2, -0.15) is 0 Å². The molecule has 0 aromatic rings. The van der Waals surface area contributed by atoms with Crippen molar-refractivity contribution in [3.05, 3.63) is 0 Å². The summed E-state index contributed by atoms with van der Waals surface area (Å²) in [4.78, 5) is 80.4. The zero-order valence-electron chi connectivity index (χ0n) is 23.8. The number of hydrogen-bond acceptors (Lipinski definition) is 12. The summed E-state index contributed by atoms with van der Waals surface area (Å²) in [7, 11) is 0. The van der Waals surface area contributed by atoms with Crippen molar-refractivity contribution in [1.29, 1.82) is 0 Å². The van der Waals surface area contributed by atoms with Crippen LogP contribution in [0.4, 0.5) is 0 Å². The SMILES string of the molecule is CC(=O)O.CC(=O)O.CC(=O)O.CC(=O)O.NCC1(N)CC1.O=C(O)CN(CCN(CC(=O)O)CC(=O)O)CC(=O)O. The summed E-state index contributed by atoms with van der Waals surface area (Å²) < 4.78 is 0. The van der Waals surface area contributed by atoms with Crippen molar-refractivity contribution in [3.63, 3.8) is 0 Å². The molecule has 0 aromatic heterocycles. The Hall–Kier alpha value is -4.40. The van der Waals surface area contributed by atoms with Gasteiger partial charge in [0.05, 0.1) is 26.2 Å². The van der Waals surface area contributed by atoms with Crippen LogP contribution in [0.15, 0.2) is 0 Å². The van der Waals surface area contributed by atoms with Crippen LogP contribution in [0.2, 0.25) is 0 Å². The average Bonchev–Trinajstić information content (AvgIpc) is 3.47. The van der Waals surface area contributed by atoms with Gasteiger partial charge < -0.3 is 52.3 Å². The predicted octanol–water partition coefficient (Wildman–Crippen LogP) is -2.27. The third-order valence-corrected chi connectivity index (χ3v) is 3.47. The standard InChI is InChI=1S/C10H16N2O8.C4H10N2.4C2H4O2/c13-7(14)3-11(4-8(15)16)1-2-12(5-9(17)18)6-10(19)20;5-3-4(6)1-2-4;4*1-2(3)4/h1-6H2,(H,13,14)(H,15,16)(H,17,18)(H,19,20);1-3,5-6H2;4*1H3,(H,3,4). The minimum atomic E-state index is -1.23. The van der Waals surface area contributed by atoms with Gasteiger partial charge >= 0.3 is 23.9 Å². The molecule has 42 heavy (non-hydrogen) atoms. The second-order valence-electron chi connectivity index (χ2n) is 8.14. The van der Waals surface area contributed by atoms with E-state index in [1.807, 2.05) is 0 Å². The van der Waals surface area contributed by atoms with Crippen LogP contribution in [0.5, 0.6) is 0 Å². The lowest BCUT2D eigenvalue weighted by molar-refractivity contribution is -0.145. The van der Waals surface area contributed by atoms with E-state index >= 15 is 0 Å². The first-order valence-corrected chi connectivity index (χ1v) is 11.5. The van der Waals surface area contributed by atoms with E-state index in [1.54, 1.807) is 0 Å². The van der Waals surface area contributed by atoms with Crippen LogP contribution in [0.25, 0.3) is 0 Å². The van der Waals surface area contributed by atoms with E-state index in [0.717, 1.165) is 50.3 Å². The molecule has 246 valence electrons. The molecule has 1 fully saturated rings. The molecule has 0 unspecified atom stereocenters. The Bertz CT molecular complexity index is 729. The van der Waals surface area contributed by atoms with E-state index in [2.05, 4.69) is 0 Å². The van der Waals surface area contributed by atoms with Crippen molar-refractivity contribution in [1.82, 2.24) is 9.80 Å². The number of rotatable bonds is 12. The Morgan fingerprint density at radius 2 is 0.690 bits per heavy atom. The Kier molecular flexibility index (Phi) is 31.8. The van der Waals surface area contributed by atoms with Gasteiger partial charge in [0, 0.05) is 52.9 Å². The molecule has 0 spiro atoms. The van der Waals surface area contributed by atoms with Crippen molar-refractivity contribution < 1.29 is 79.2 Å². The van der Waals surface area contributed by atoms with Crippen molar-refractivity contribution in [2.45, 2.75) is 46.1 Å². The lowest BCUT2D eigenvalue weighted by Gasteiger charge is -2.23. The fourth-order valence-electron chi connectivity index (χ4n) is 1.84. The van der Waals surface area contributed by atoms with Gasteiger partial charge in [0.1, 0.15) is 0 Å². The topological polar surface area (TPSA) is 357 Å². The molecule has 0 bridgehead atoms.